The van der Waals surface area contributed by atoms with Gasteiger partial charge < -0.3 is 4.74 Å². The largest absolute Gasteiger partial charge is 0.351 e. The second kappa shape index (κ2) is 1.55. The summed E-state index contributed by atoms with van der Waals surface area (Å²) in [4.78, 5) is 8.66. The molecule has 3 nitrogen and oxygen atoms in total. The highest BCUT2D eigenvalue weighted by atomic mass is 17.3. The van der Waals surface area contributed by atoms with Crippen molar-refractivity contribution in [2.45, 2.75) is 6.29 Å². The highest BCUT2D eigenvalue weighted by Gasteiger charge is 2.18. The standard InChI is InChI=1S/C3H6O3/c1-4-3-2-5-6-3/h3H,2H2,1H3/t3-/m1/s1. The van der Waals surface area contributed by atoms with E-state index in [2.05, 4.69) is 14.5 Å². The Kier molecular flexibility index (Phi) is 1.05. The van der Waals surface area contributed by atoms with Crippen molar-refractivity contribution in [3.05, 3.63) is 0 Å². The topological polar surface area (TPSA) is 27.7 Å². The van der Waals surface area contributed by atoms with Crippen LogP contribution >= 0.6 is 0 Å². The third kappa shape index (κ3) is 0.518. The molecule has 0 aliphatic carbocycles. The Hall–Kier alpha value is -0.120. The van der Waals surface area contributed by atoms with Crippen molar-refractivity contribution in [2.24, 2.45) is 0 Å². The molecule has 1 aliphatic heterocycles. The molecular weight excluding hydrogens is 84.0 g/mol. The van der Waals surface area contributed by atoms with E-state index < -0.39 is 0 Å². The molecular formula is C3H6O3. The van der Waals surface area contributed by atoms with Gasteiger partial charge in [0, 0.05) is 7.11 Å². The van der Waals surface area contributed by atoms with Crippen LogP contribution in [0.2, 0.25) is 0 Å². The van der Waals surface area contributed by atoms with Gasteiger partial charge in [0.1, 0.15) is 6.61 Å². The van der Waals surface area contributed by atoms with Gasteiger partial charge in [-0.25, -0.2) is 9.78 Å². The first kappa shape index (κ1) is 4.05. The van der Waals surface area contributed by atoms with Gasteiger partial charge in [-0.2, -0.15) is 0 Å². The normalized spacial score (nSPS) is 32.5. The summed E-state index contributed by atoms with van der Waals surface area (Å²) in [6.07, 6.45) is -0.106. The van der Waals surface area contributed by atoms with Crippen molar-refractivity contribution in [3.8, 4) is 0 Å². The molecule has 1 atom stereocenters. The number of hydrogen-bond acceptors (Lipinski definition) is 3. The van der Waals surface area contributed by atoms with Crippen LogP contribution in [0.15, 0.2) is 0 Å². The van der Waals surface area contributed by atoms with Crippen LogP contribution in [0.5, 0.6) is 0 Å². The summed E-state index contributed by atoms with van der Waals surface area (Å²) >= 11 is 0. The van der Waals surface area contributed by atoms with Crippen LogP contribution in [0.3, 0.4) is 0 Å². The highest BCUT2D eigenvalue weighted by molar-refractivity contribution is 4.38. The smallest absolute Gasteiger partial charge is 0.217 e. The highest BCUT2D eigenvalue weighted by Crippen LogP contribution is 2.04. The molecule has 1 aliphatic rings. The van der Waals surface area contributed by atoms with Gasteiger partial charge in [0.05, 0.1) is 0 Å². The number of ether oxygens (including phenoxy) is 1. The Labute approximate surface area is 35.7 Å². The second-order valence-corrected chi connectivity index (χ2v) is 1.05. The van der Waals surface area contributed by atoms with Gasteiger partial charge in [0.25, 0.3) is 0 Å². The van der Waals surface area contributed by atoms with Crippen LogP contribution in [-0.4, -0.2) is 20.0 Å². The molecule has 6 heavy (non-hydrogen) atoms. The molecule has 1 saturated heterocycles. The van der Waals surface area contributed by atoms with Crippen LogP contribution in [0.4, 0.5) is 0 Å². The van der Waals surface area contributed by atoms with Gasteiger partial charge in [0.2, 0.25) is 6.29 Å². The molecule has 0 N–H and O–H groups in total. The van der Waals surface area contributed by atoms with E-state index in [0.29, 0.717) is 6.61 Å². The van der Waals surface area contributed by atoms with E-state index in [1.54, 1.807) is 7.11 Å². The Morgan fingerprint density at radius 2 is 2.50 bits per heavy atom. The zero-order valence-corrected chi connectivity index (χ0v) is 3.51. The number of hydrogen-bond donors (Lipinski definition) is 0. The Morgan fingerprint density at radius 1 is 1.83 bits per heavy atom. The van der Waals surface area contributed by atoms with Crippen molar-refractivity contribution in [2.75, 3.05) is 13.7 Å². The van der Waals surface area contributed by atoms with Crippen molar-refractivity contribution in [1.82, 2.24) is 0 Å². The van der Waals surface area contributed by atoms with Crippen molar-refractivity contribution in [1.29, 1.82) is 0 Å². The van der Waals surface area contributed by atoms with E-state index in [-0.39, 0.29) is 6.29 Å². The van der Waals surface area contributed by atoms with E-state index in [9.17, 15) is 0 Å². The molecule has 1 heterocycles. The maximum atomic E-state index is 4.64. The summed E-state index contributed by atoms with van der Waals surface area (Å²) in [5.41, 5.74) is 0. The molecule has 1 fully saturated rings. The van der Waals surface area contributed by atoms with Gasteiger partial charge >= 0.3 is 0 Å². The molecule has 36 valence electrons. The number of methoxy groups -OCH3 is 1. The molecule has 0 amide bonds. The van der Waals surface area contributed by atoms with Gasteiger partial charge in [-0.15, -0.1) is 0 Å². The lowest BCUT2D eigenvalue weighted by Gasteiger charge is -2.21. The molecule has 0 radical (unpaired) electrons. The molecule has 1 rings (SSSR count). The zero-order chi connectivity index (χ0) is 4.41. The Bertz CT molecular complexity index is 38.5. The van der Waals surface area contributed by atoms with Gasteiger partial charge in [0.15, 0.2) is 0 Å². The molecule has 0 spiro atoms. The van der Waals surface area contributed by atoms with Gasteiger partial charge in [-0.3, -0.25) is 0 Å². The van der Waals surface area contributed by atoms with E-state index in [1.807, 2.05) is 0 Å². The molecule has 0 unspecified atom stereocenters. The molecule has 3 heteroatoms. The molecule has 0 aromatic carbocycles. The lowest BCUT2D eigenvalue weighted by atomic mass is 10.7. The van der Waals surface area contributed by atoms with Crippen LogP contribution < -0.4 is 0 Å². The lowest BCUT2D eigenvalue weighted by molar-refractivity contribution is -0.478. The first-order chi connectivity index (χ1) is 2.93. The first-order valence-electron chi connectivity index (χ1n) is 1.74. The zero-order valence-electron chi connectivity index (χ0n) is 3.51. The fourth-order valence-electron chi connectivity index (χ4n) is 0.231. The second-order valence-electron chi connectivity index (χ2n) is 1.05. The monoisotopic (exact) mass is 90.0 g/mol. The summed E-state index contributed by atoms with van der Waals surface area (Å²) in [7, 11) is 1.58. The fourth-order valence-corrected chi connectivity index (χ4v) is 0.231. The predicted molar refractivity (Wildman–Crippen MR) is 17.8 cm³/mol. The summed E-state index contributed by atoms with van der Waals surface area (Å²) in [6, 6.07) is 0. The van der Waals surface area contributed by atoms with Crippen LogP contribution in [0, 0.1) is 0 Å². The van der Waals surface area contributed by atoms with E-state index in [4.69, 9.17) is 0 Å². The molecule has 0 saturated carbocycles. The minimum atomic E-state index is -0.106. The van der Waals surface area contributed by atoms with Crippen LogP contribution in [-0.2, 0) is 14.5 Å². The SMILES string of the molecule is CO[C@H]1COO1. The quantitative estimate of drug-likeness (QED) is 0.421. The van der Waals surface area contributed by atoms with Crippen LogP contribution in [0.25, 0.3) is 0 Å². The molecule has 0 aromatic rings. The molecule has 0 bridgehead atoms. The maximum Gasteiger partial charge on any atom is 0.217 e. The predicted octanol–water partition coefficient (Wildman–Crippen LogP) is -0.0793. The Balaban J connectivity index is 2.01. The third-order valence-electron chi connectivity index (χ3n) is 0.642. The summed E-state index contributed by atoms with van der Waals surface area (Å²) in [5, 5.41) is 0. The lowest BCUT2D eigenvalue weighted by Crippen LogP contribution is -2.32. The van der Waals surface area contributed by atoms with Crippen molar-refractivity contribution < 1.29 is 14.5 Å². The average Bonchev–Trinajstić information content (AvgIpc) is 1.31. The minimum absolute atomic E-state index is 0.106. The molecule has 0 aromatic heterocycles. The summed E-state index contributed by atoms with van der Waals surface area (Å²) in [6.45, 7) is 0.566. The van der Waals surface area contributed by atoms with E-state index >= 15 is 0 Å². The third-order valence-corrected chi connectivity index (χ3v) is 0.642. The maximum absolute atomic E-state index is 4.64. The first-order valence-corrected chi connectivity index (χ1v) is 1.74. The fraction of sp³-hybridized carbons (Fsp3) is 1.00. The summed E-state index contributed by atoms with van der Waals surface area (Å²) < 4.78 is 4.64. The minimum Gasteiger partial charge on any atom is -0.351 e. The van der Waals surface area contributed by atoms with Crippen LogP contribution in [0.1, 0.15) is 0 Å². The number of rotatable bonds is 1. The van der Waals surface area contributed by atoms with Gasteiger partial charge in [-0.05, 0) is 0 Å². The summed E-state index contributed by atoms with van der Waals surface area (Å²) in [5.74, 6) is 0. The van der Waals surface area contributed by atoms with Gasteiger partial charge in [-0.1, -0.05) is 0 Å². The van der Waals surface area contributed by atoms with E-state index in [1.165, 1.54) is 0 Å². The van der Waals surface area contributed by atoms with Crippen molar-refractivity contribution >= 4 is 0 Å². The van der Waals surface area contributed by atoms with Crippen molar-refractivity contribution in [3.63, 3.8) is 0 Å². The average molecular weight is 90.1 g/mol. The van der Waals surface area contributed by atoms with E-state index in [0.717, 1.165) is 0 Å². The Morgan fingerprint density at radius 3 is 2.50 bits per heavy atom.